The minimum atomic E-state index is 0.210. The van der Waals surface area contributed by atoms with E-state index in [9.17, 15) is 10.3 Å². The molecule has 0 unspecified atom stereocenters. The monoisotopic (exact) mass is 412 g/mol. The zero-order chi connectivity index (χ0) is 21.8. The fourth-order valence-corrected chi connectivity index (χ4v) is 4.33. The molecule has 2 N–H and O–H groups in total. The molecule has 0 fully saturated rings. The highest BCUT2D eigenvalue weighted by atomic mass is 16.4. The molecule has 4 rings (SSSR count). The van der Waals surface area contributed by atoms with Crippen LogP contribution in [0.3, 0.4) is 0 Å². The van der Waals surface area contributed by atoms with Gasteiger partial charge in [-0.2, -0.15) is 0 Å². The van der Waals surface area contributed by atoms with E-state index in [0.717, 1.165) is 28.6 Å². The summed E-state index contributed by atoms with van der Waals surface area (Å²) in [7, 11) is 0. The Bertz CT molecular complexity index is 1190. The first-order valence-corrected chi connectivity index (χ1v) is 10.7. The summed E-state index contributed by atoms with van der Waals surface area (Å²) in [6.07, 6.45) is 1.39. The maximum atomic E-state index is 10.2. The van der Waals surface area contributed by atoms with Crippen molar-refractivity contribution in [3.05, 3.63) is 101 Å². The maximum Gasteiger partial charge on any atom is 0.116 e. The van der Waals surface area contributed by atoms with E-state index in [-0.39, 0.29) is 11.7 Å². The lowest BCUT2D eigenvalue weighted by molar-refractivity contribution is 0.318. The maximum absolute atomic E-state index is 10.2. The quantitative estimate of drug-likeness (QED) is 0.212. The average Bonchev–Trinajstić information content (AvgIpc) is 3.09. The Kier molecular flexibility index (Phi) is 6.08. The van der Waals surface area contributed by atoms with Crippen LogP contribution in [-0.2, 0) is 13.0 Å². The summed E-state index contributed by atoms with van der Waals surface area (Å²) in [5.74, 6) is 0.419. The van der Waals surface area contributed by atoms with Gasteiger partial charge in [-0.25, -0.2) is 0 Å². The van der Waals surface area contributed by atoms with Gasteiger partial charge in [-0.3, -0.25) is 0 Å². The molecule has 0 aliphatic heterocycles. The lowest BCUT2D eigenvalue weighted by Crippen LogP contribution is -2.11. The summed E-state index contributed by atoms with van der Waals surface area (Å²) >= 11 is 0. The lowest BCUT2D eigenvalue weighted by Gasteiger charge is -2.16. The highest BCUT2D eigenvalue weighted by molar-refractivity contribution is 6.12. The van der Waals surface area contributed by atoms with Gasteiger partial charge in [-0.05, 0) is 48.1 Å². The summed E-state index contributed by atoms with van der Waals surface area (Å²) in [6.45, 7) is 5.03. The number of aromatic hydroxyl groups is 1. The second-order valence-electron chi connectivity index (χ2n) is 8.22. The van der Waals surface area contributed by atoms with Gasteiger partial charge in [0.1, 0.15) is 5.75 Å². The van der Waals surface area contributed by atoms with Gasteiger partial charge in [0.2, 0.25) is 0 Å². The summed E-state index contributed by atoms with van der Waals surface area (Å²) < 4.78 is 2.29. The van der Waals surface area contributed by atoms with Crippen molar-refractivity contribution in [3.8, 4) is 5.75 Å². The van der Waals surface area contributed by atoms with Gasteiger partial charge in [-0.15, -0.1) is 0 Å². The van der Waals surface area contributed by atoms with Crippen LogP contribution < -0.4 is 0 Å². The van der Waals surface area contributed by atoms with Crippen molar-refractivity contribution >= 4 is 16.6 Å². The van der Waals surface area contributed by atoms with E-state index in [1.165, 1.54) is 11.1 Å². The van der Waals surface area contributed by atoms with E-state index in [1.807, 2.05) is 42.5 Å². The molecule has 0 aliphatic carbocycles. The number of fused-ring (bicyclic) bond motifs is 1. The van der Waals surface area contributed by atoms with E-state index in [4.69, 9.17) is 0 Å². The fourth-order valence-electron chi connectivity index (χ4n) is 4.33. The number of phenols is 1. The number of hydrogen-bond acceptors (Lipinski definition) is 3. The van der Waals surface area contributed by atoms with Crippen molar-refractivity contribution in [2.75, 3.05) is 0 Å². The molecule has 1 aromatic heterocycles. The molecule has 0 radical (unpaired) electrons. The third-order valence-corrected chi connectivity index (χ3v) is 5.72. The third kappa shape index (κ3) is 4.33. The fraction of sp³-hybridized carbons (Fsp3) is 0.222. The Morgan fingerprint density at radius 1 is 0.903 bits per heavy atom. The molecule has 0 saturated heterocycles. The van der Waals surface area contributed by atoms with Gasteiger partial charge in [0.25, 0.3) is 0 Å². The Hall–Kier alpha value is -3.53. The van der Waals surface area contributed by atoms with Crippen LogP contribution in [0.25, 0.3) is 10.9 Å². The van der Waals surface area contributed by atoms with Crippen molar-refractivity contribution in [2.24, 2.45) is 5.16 Å². The number of rotatable bonds is 7. The Morgan fingerprint density at radius 3 is 2.16 bits per heavy atom. The van der Waals surface area contributed by atoms with Crippen molar-refractivity contribution in [1.82, 2.24) is 4.57 Å². The summed E-state index contributed by atoms with van der Waals surface area (Å²) in [5, 5.41) is 24.9. The minimum Gasteiger partial charge on any atom is -0.508 e. The van der Waals surface area contributed by atoms with Crippen molar-refractivity contribution in [2.45, 2.75) is 39.2 Å². The Morgan fingerprint density at radius 2 is 1.55 bits per heavy atom. The van der Waals surface area contributed by atoms with Crippen LogP contribution in [0.2, 0.25) is 0 Å². The van der Waals surface area contributed by atoms with Crippen molar-refractivity contribution in [3.63, 3.8) is 0 Å². The molecule has 0 bridgehead atoms. The number of aryl methyl sites for hydroxylation is 1. The number of phenolic OH excluding ortho intramolecular Hbond substituents is 1. The zero-order valence-electron chi connectivity index (χ0n) is 18.0. The molecule has 0 aliphatic rings. The third-order valence-electron chi connectivity index (χ3n) is 5.72. The van der Waals surface area contributed by atoms with Gasteiger partial charge in [0.15, 0.2) is 0 Å². The molecule has 0 saturated carbocycles. The van der Waals surface area contributed by atoms with Gasteiger partial charge in [0, 0.05) is 28.7 Å². The predicted octanol–water partition coefficient (Wildman–Crippen LogP) is 6.33. The average molecular weight is 413 g/mol. The highest BCUT2D eigenvalue weighted by Crippen LogP contribution is 2.35. The van der Waals surface area contributed by atoms with Crippen LogP contribution in [0.15, 0.2) is 84.0 Å². The number of benzene rings is 3. The second-order valence-corrected chi connectivity index (χ2v) is 8.22. The van der Waals surface area contributed by atoms with Gasteiger partial charge in [0.05, 0.1) is 5.71 Å². The van der Waals surface area contributed by atoms with E-state index >= 15 is 0 Å². The first-order chi connectivity index (χ1) is 15.1. The smallest absolute Gasteiger partial charge is 0.116 e. The normalized spacial score (nSPS) is 12.0. The summed E-state index contributed by atoms with van der Waals surface area (Å²) in [5.41, 5.74) is 6.12. The molecular formula is C27H28N2O2. The Balaban J connectivity index is 1.84. The molecule has 4 aromatic rings. The largest absolute Gasteiger partial charge is 0.508 e. The van der Waals surface area contributed by atoms with Gasteiger partial charge >= 0.3 is 0 Å². The van der Waals surface area contributed by atoms with Crippen molar-refractivity contribution in [1.29, 1.82) is 0 Å². The van der Waals surface area contributed by atoms with E-state index in [0.29, 0.717) is 18.7 Å². The van der Waals surface area contributed by atoms with Crippen LogP contribution in [0, 0.1) is 0 Å². The second kappa shape index (κ2) is 9.09. The molecule has 4 heteroatoms. The van der Waals surface area contributed by atoms with Crippen molar-refractivity contribution < 1.29 is 10.3 Å². The molecule has 0 atom stereocenters. The predicted molar refractivity (Wildman–Crippen MR) is 126 cm³/mol. The number of oxime groups is 1. The first-order valence-electron chi connectivity index (χ1n) is 10.7. The minimum absolute atomic E-state index is 0.210. The van der Waals surface area contributed by atoms with E-state index in [2.05, 4.69) is 47.8 Å². The molecule has 0 spiro atoms. The van der Waals surface area contributed by atoms with Crippen LogP contribution in [0.1, 0.15) is 48.6 Å². The topological polar surface area (TPSA) is 57.8 Å². The molecule has 4 nitrogen and oxygen atoms in total. The molecule has 3 aromatic carbocycles. The number of aromatic nitrogens is 1. The lowest BCUT2D eigenvalue weighted by atomic mass is 9.95. The Labute approximate surface area is 183 Å². The number of hydrogen-bond donors (Lipinski definition) is 2. The molecule has 1 heterocycles. The summed E-state index contributed by atoms with van der Waals surface area (Å²) in [6, 6.07) is 26.0. The first kappa shape index (κ1) is 20.7. The van der Waals surface area contributed by atoms with Gasteiger partial charge < -0.3 is 14.9 Å². The van der Waals surface area contributed by atoms with Crippen LogP contribution in [0.4, 0.5) is 0 Å². The van der Waals surface area contributed by atoms with Crippen LogP contribution in [0.5, 0.6) is 5.75 Å². The zero-order valence-corrected chi connectivity index (χ0v) is 18.0. The standard InChI is InChI=1S/C27H28N2O2/c1-19(2)27-26(24(28-31)15-13-20-9-5-3-6-10-20)23-17-22(30)14-16-25(23)29(27)18-21-11-7-4-8-12-21/h3-12,14,16-17,19,30-31H,13,15,18H2,1-2H3/b28-24+. The SMILES string of the molecule is CC(C)c1c(/C(CCc2ccccc2)=N/O)c2cc(O)ccc2n1Cc1ccccc1. The molecule has 31 heavy (non-hydrogen) atoms. The van der Waals surface area contributed by atoms with Crippen LogP contribution in [-0.4, -0.2) is 20.6 Å². The van der Waals surface area contributed by atoms with E-state index in [1.54, 1.807) is 12.1 Å². The molecule has 0 amide bonds. The molecule has 158 valence electrons. The van der Waals surface area contributed by atoms with Gasteiger partial charge in [-0.1, -0.05) is 79.7 Å². The van der Waals surface area contributed by atoms with Crippen LogP contribution >= 0.6 is 0 Å². The van der Waals surface area contributed by atoms with E-state index < -0.39 is 0 Å². The highest BCUT2D eigenvalue weighted by Gasteiger charge is 2.24. The summed E-state index contributed by atoms with van der Waals surface area (Å²) in [4.78, 5) is 0. The number of nitrogens with zero attached hydrogens (tertiary/aromatic N) is 2. The molecular weight excluding hydrogens is 384 g/mol.